The summed E-state index contributed by atoms with van der Waals surface area (Å²) in [5, 5.41) is 18.1. The van der Waals surface area contributed by atoms with Crippen LogP contribution in [0.1, 0.15) is 17.3 Å². The van der Waals surface area contributed by atoms with Gasteiger partial charge in [0.15, 0.2) is 5.65 Å². The molecule has 0 aliphatic carbocycles. The lowest BCUT2D eigenvalue weighted by Crippen LogP contribution is -2.48. The first-order valence-electron chi connectivity index (χ1n) is 10.7. The van der Waals surface area contributed by atoms with E-state index in [2.05, 4.69) is 10.00 Å². The first-order valence-corrected chi connectivity index (χ1v) is 11.6. The molecule has 0 atom stereocenters. The highest BCUT2D eigenvalue weighted by atomic mass is 32.1. The highest BCUT2D eigenvalue weighted by Crippen LogP contribution is 2.29. The molecule has 0 saturated carbocycles. The van der Waals surface area contributed by atoms with Crippen LogP contribution in [0.2, 0.25) is 0 Å². The summed E-state index contributed by atoms with van der Waals surface area (Å²) >= 11 is 1.59. The van der Waals surface area contributed by atoms with Crippen LogP contribution in [0, 0.1) is 10.1 Å². The number of nitrogens with zero attached hydrogens (tertiary/aromatic N) is 6. The maximum Gasteiger partial charge on any atom is 0.269 e. The summed E-state index contributed by atoms with van der Waals surface area (Å²) in [5.74, 6) is -0.0285. The van der Waals surface area contributed by atoms with E-state index in [-0.39, 0.29) is 11.6 Å². The van der Waals surface area contributed by atoms with Gasteiger partial charge in [0.2, 0.25) is 0 Å². The molecule has 1 aliphatic heterocycles. The molecule has 168 valence electrons. The zero-order chi connectivity index (χ0) is 22.9. The van der Waals surface area contributed by atoms with Crippen LogP contribution in [-0.4, -0.2) is 56.7 Å². The molecule has 1 fully saturated rings. The van der Waals surface area contributed by atoms with Gasteiger partial charge in [-0.3, -0.25) is 14.9 Å². The second kappa shape index (κ2) is 8.62. The average molecular weight is 463 g/mol. The number of fused-ring (bicyclic) bond motifs is 1. The largest absolute Gasteiger partial charge is 0.368 e. The number of aryl methyl sites for hydroxylation is 1. The Morgan fingerprint density at radius 1 is 1.15 bits per heavy atom. The molecule has 1 aliphatic rings. The van der Waals surface area contributed by atoms with Crippen LogP contribution in [0.3, 0.4) is 0 Å². The Kier molecular flexibility index (Phi) is 5.51. The highest BCUT2D eigenvalue weighted by molar-refractivity contribution is 7.13. The molecule has 0 unspecified atom stereocenters. The number of piperazine rings is 1. The van der Waals surface area contributed by atoms with Gasteiger partial charge in [0.1, 0.15) is 0 Å². The minimum Gasteiger partial charge on any atom is -0.368 e. The Hall–Kier alpha value is -3.79. The van der Waals surface area contributed by atoms with Crippen molar-refractivity contribution in [2.45, 2.75) is 13.5 Å². The van der Waals surface area contributed by atoms with Gasteiger partial charge in [-0.05, 0) is 36.6 Å². The number of nitro groups is 1. The number of rotatable bonds is 5. The summed E-state index contributed by atoms with van der Waals surface area (Å²) in [6.07, 6.45) is 1.73. The summed E-state index contributed by atoms with van der Waals surface area (Å²) in [6.45, 7) is 5.12. The molecule has 3 aromatic heterocycles. The second-order valence-corrected chi connectivity index (χ2v) is 8.73. The van der Waals surface area contributed by atoms with Crippen LogP contribution >= 0.6 is 11.3 Å². The van der Waals surface area contributed by atoms with Gasteiger partial charge in [0, 0.05) is 50.5 Å². The molecular weight excluding hydrogens is 440 g/mol. The number of nitro benzene ring substituents is 1. The van der Waals surface area contributed by atoms with E-state index >= 15 is 0 Å². The number of thiophene rings is 1. The lowest BCUT2D eigenvalue weighted by atomic mass is 10.1. The first kappa shape index (κ1) is 21.1. The molecule has 0 spiro atoms. The Morgan fingerprint density at radius 3 is 2.55 bits per heavy atom. The molecule has 9 nitrogen and oxygen atoms in total. The summed E-state index contributed by atoms with van der Waals surface area (Å²) < 4.78 is 1.82. The van der Waals surface area contributed by atoms with Crippen LogP contribution in [0.5, 0.6) is 0 Å². The van der Waals surface area contributed by atoms with Crippen LogP contribution in [0.25, 0.3) is 21.6 Å². The van der Waals surface area contributed by atoms with Crippen molar-refractivity contribution < 1.29 is 9.72 Å². The molecule has 4 aromatic rings. The molecule has 0 bridgehead atoms. The van der Waals surface area contributed by atoms with Crippen molar-refractivity contribution in [2.24, 2.45) is 0 Å². The lowest BCUT2D eigenvalue weighted by Gasteiger charge is -2.36. The zero-order valence-electron chi connectivity index (χ0n) is 18.0. The zero-order valence-corrected chi connectivity index (χ0v) is 18.9. The van der Waals surface area contributed by atoms with Gasteiger partial charge in [-0.2, -0.15) is 5.10 Å². The third kappa shape index (κ3) is 3.93. The predicted molar refractivity (Wildman–Crippen MR) is 128 cm³/mol. The van der Waals surface area contributed by atoms with Gasteiger partial charge in [-0.25, -0.2) is 9.67 Å². The minimum atomic E-state index is -0.402. The van der Waals surface area contributed by atoms with Crippen molar-refractivity contribution in [3.05, 3.63) is 69.7 Å². The van der Waals surface area contributed by atoms with Gasteiger partial charge in [-0.1, -0.05) is 6.07 Å². The molecule has 1 saturated heterocycles. The minimum absolute atomic E-state index is 0.0285. The molecule has 0 radical (unpaired) electrons. The van der Waals surface area contributed by atoms with Crippen LogP contribution in [-0.2, 0) is 6.54 Å². The summed E-state index contributed by atoms with van der Waals surface area (Å²) in [4.78, 5) is 33.9. The highest BCUT2D eigenvalue weighted by Gasteiger charge is 2.26. The SMILES string of the molecule is CCn1ncc2c(C(=O)N3CCN(c4ccc([N+](=O)[O-])cc4)CC3)cc(-c3cccs3)nc21. The number of amides is 1. The van der Waals surface area contributed by atoms with Crippen molar-refractivity contribution in [3.63, 3.8) is 0 Å². The van der Waals surface area contributed by atoms with Crippen LogP contribution in [0.4, 0.5) is 11.4 Å². The molecule has 4 heterocycles. The Bertz CT molecular complexity index is 1310. The number of hydrogen-bond acceptors (Lipinski definition) is 7. The number of non-ortho nitro benzene ring substituents is 1. The van der Waals surface area contributed by atoms with Crippen molar-refractivity contribution in [3.8, 4) is 10.6 Å². The fraction of sp³-hybridized carbons (Fsp3) is 0.261. The fourth-order valence-electron chi connectivity index (χ4n) is 4.13. The van der Waals surface area contributed by atoms with Gasteiger partial charge in [-0.15, -0.1) is 11.3 Å². The first-order chi connectivity index (χ1) is 16.0. The van der Waals surface area contributed by atoms with Crippen molar-refractivity contribution >= 4 is 39.7 Å². The van der Waals surface area contributed by atoms with Gasteiger partial charge in [0.25, 0.3) is 11.6 Å². The summed E-state index contributed by atoms with van der Waals surface area (Å²) in [7, 11) is 0. The van der Waals surface area contributed by atoms with Gasteiger partial charge >= 0.3 is 0 Å². The monoisotopic (exact) mass is 462 g/mol. The van der Waals surface area contributed by atoms with E-state index in [9.17, 15) is 14.9 Å². The number of benzene rings is 1. The molecular formula is C23H22N6O3S. The quantitative estimate of drug-likeness (QED) is 0.328. The molecule has 0 N–H and O–H groups in total. The number of pyridine rings is 1. The average Bonchev–Trinajstić information content (AvgIpc) is 3.53. The Morgan fingerprint density at radius 2 is 1.91 bits per heavy atom. The topological polar surface area (TPSA) is 97.4 Å². The number of carbonyl (C=O) groups is 1. The van der Waals surface area contributed by atoms with E-state index in [1.807, 2.05) is 40.1 Å². The third-order valence-corrected chi connectivity index (χ3v) is 6.80. The van der Waals surface area contributed by atoms with E-state index in [1.54, 1.807) is 29.7 Å². The molecule has 1 aromatic carbocycles. The summed E-state index contributed by atoms with van der Waals surface area (Å²) in [5.41, 5.74) is 3.11. The number of aromatic nitrogens is 3. The van der Waals surface area contributed by atoms with E-state index in [1.165, 1.54) is 12.1 Å². The third-order valence-electron chi connectivity index (χ3n) is 5.91. The fourth-order valence-corrected chi connectivity index (χ4v) is 4.82. The Labute approximate surface area is 194 Å². The standard InChI is InChI=1S/C23H22N6O3S/c1-2-28-22-19(15-24-28)18(14-20(25-22)21-4-3-13-33-21)23(30)27-11-9-26(10-12-27)16-5-7-17(8-6-16)29(31)32/h3-8,13-15H,2,9-12H2,1H3. The number of hydrogen-bond donors (Lipinski definition) is 0. The van der Waals surface area contributed by atoms with E-state index in [0.29, 0.717) is 38.3 Å². The number of anilines is 1. The smallest absolute Gasteiger partial charge is 0.269 e. The van der Waals surface area contributed by atoms with E-state index in [0.717, 1.165) is 27.3 Å². The van der Waals surface area contributed by atoms with Gasteiger partial charge in [0.05, 0.1) is 32.6 Å². The second-order valence-electron chi connectivity index (χ2n) is 7.78. The van der Waals surface area contributed by atoms with E-state index < -0.39 is 4.92 Å². The lowest BCUT2D eigenvalue weighted by molar-refractivity contribution is -0.384. The molecule has 5 rings (SSSR count). The normalized spacial score (nSPS) is 14.1. The molecule has 1 amide bonds. The van der Waals surface area contributed by atoms with E-state index in [4.69, 9.17) is 4.98 Å². The maximum atomic E-state index is 13.6. The van der Waals surface area contributed by atoms with Crippen molar-refractivity contribution in [1.82, 2.24) is 19.7 Å². The number of carbonyl (C=O) groups excluding carboxylic acids is 1. The van der Waals surface area contributed by atoms with Crippen LogP contribution in [0.15, 0.2) is 54.0 Å². The molecule has 10 heteroatoms. The van der Waals surface area contributed by atoms with Gasteiger partial charge < -0.3 is 9.80 Å². The Balaban J connectivity index is 1.39. The molecule has 33 heavy (non-hydrogen) atoms. The van der Waals surface area contributed by atoms with Crippen LogP contribution < -0.4 is 4.90 Å². The predicted octanol–water partition coefficient (Wildman–Crippen LogP) is 4.05. The maximum absolute atomic E-state index is 13.6. The van der Waals surface area contributed by atoms with Crippen molar-refractivity contribution in [2.75, 3.05) is 31.1 Å². The van der Waals surface area contributed by atoms with Crippen molar-refractivity contribution in [1.29, 1.82) is 0 Å². The summed E-state index contributed by atoms with van der Waals surface area (Å²) in [6, 6.07) is 12.4.